The van der Waals surface area contributed by atoms with Crippen molar-refractivity contribution in [3.63, 3.8) is 0 Å². The van der Waals surface area contributed by atoms with Crippen molar-refractivity contribution in [3.05, 3.63) is 54.1 Å². The Kier molecular flexibility index (Phi) is 3.67. The molecule has 0 radical (unpaired) electrons. The molecule has 1 saturated carbocycles. The lowest BCUT2D eigenvalue weighted by Crippen LogP contribution is -2.16. The van der Waals surface area contributed by atoms with E-state index in [9.17, 15) is 22.8 Å². The summed E-state index contributed by atoms with van der Waals surface area (Å²) in [4.78, 5) is 4.27. The van der Waals surface area contributed by atoms with Crippen LogP contribution in [0.1, 0.15) is 30.8 Å². The molecule has 4 nitrogen and oxygen atoms in total. The molecule has 1 aromatic carbocycles. The Bertz CT molecular complexity index is 1060. The van der Waals surface area contributed by atoms with Crippen LogP contribution in [-0.4, -0.2) is 21.4 Å². The number of benzene rings is 1. The first-order valence-electron chi connectivity index (χ1n) is 8.15. The van der Waals surface area contributed by atoms with E-state index in [4.69, 9.17) is 0 Å². The van der Waals surface area contributed by atoms with E-state index in [0.29, 0.717) is 28.9 Å². The van der Waals surface area contributed by atoms with Gasteiger partial charge in [0, 0.05) is 6.20 Å². The number of imidazole rings is 1. The van der Waals surface area contributed by atoms with E-state index in [1.54, 1.807) is 22.7 Å². The first-order chi connectivity index (χ1) is 12.7. The highest BCUT2D eigenvalue weighted by atomic mass is 19.4. The van der Waals surface area contributed by atoms with E-state index in [1.807, 2.05) is 6.07 Å². The van der Waals surface area contributed by atoms with Gasteiger partial charge in [0.25, 0.3) is 0 Å². The molecule has 2 aromatic heterocycles. The van der Waals surface area contributed by atoms with Crippen molar-refractivity contribution in [2.24, 2.45) is 0 Å². The van der Waals surface area contributed by atoms with Crippen LogP contribution in [0, 0.1) is 11.3 Å². The minimum absolute atomic E-state index is 0.216. The molecule has 0 N–H and O–H groups in total. The Morgan fingerprint density at radius 1 is 1.19 bits per heavy atom. The molecule has 4 rings (SSSR count). The number of aromatic nitrogens is 2. The van der Waals surface area contributed by atoms with Gasteiger partial charge in [-0.1, -0.05) is 18.2 Å². The molecule has 27 heavy (non-hydrogen) atoms. The quantitative estimate of drug-likeness (QED) is 0.606. The van der Waals surface area contributed by atoms with Gasteiger partial charge in [-0.2, -0.15) is 5.26 Å². The van der Waals surface area contributed by atoms with E-state index in [-0.39, 0.29) is 17.4 Å². The van der Waals surface area contributed by atoms with Gasteiger partial charge in [0.05, 0.1) is 11.4 Å². The molecule has 0 bridgehead atoms. The molecule has 8 heteroatoms. The van der Waals surface area contributed by atoms with E-state index in [0.717, 1.165) is 0 Å². The maximum absolute atomic E-state index is 14.2. The molecular weight excluding hydrogens is 362 g/mol. The summed E-state index contributed by atoms with van der Waals surface area (Å²) in [6, 6.07) is 10.9. The van der Waals surface area contributed by atoms with Gasteiger partial charge < -0.3 is 9.14 Å². The molecule has 138 valence electrons. The largest absolute Gasteiger partial charge is 0.573 e. The first-order valence-corrected chi connectivity index (χ1v) is 8.15. The Balaban J connectivity index is 1.73. The topological polar surface area (TPSA) is 50.3 Å². The van der Waals surface area contributed by atoms with Gasteiger partial charge in [-0.3, -0.25) is 0 Å². The molecule has 3 aromatic rings. The number of alkyl halides is 4. The summed E-state index contributed by atoms with van der Waals surface area (Å²) in [7, 11) is 0. The maximum Gasteiger partial charge on any atom is 0.573 e. The van der Waals surface area contributed by atoms with Gasteiger partial charge in [-0.05, 0) is 42.7 Å². The van der Waals surface area contributed by atoms with Crippen molar-refractivity contribution in [3.8, 4) is 22.9 Å². The zero-order valence-corrected chi connectivity index (χ0v) is 14.1. The number of rotatable bonds is 3. The zero-order valence-electron chi connectivity index (χ0n) is 14.1. The number of hydrogen-bond acceptors (Lipinski definition) is 3. The van der Waals surface area contributed by atoms with Gasteiger partial charge in [-0.15, -0.1) is 13.2 Å². The normalized spacial score (nSPS) is 21.9. The molecule has 1 aliphatic carbocycles. The second-order valence-corrected chi connectivity index (χ2v) is 6.71. The summed E-state index contributed by atoms with van der Waals surface area (Å²) < 4.78 is 56.5. The average molecular weight is 375 g/mol. The van der Waals surface area contributed by atoms with Crippen LogP contribution in [-0.2, 0) is 0 Å². The lowest BCUT2D eigenvalue weighted by Gasteiger charge is -2.10. The monoisotopic (exact) mass is 375 g/mol. The number of nitriles is 1. The van der Waals surface area contributed by atoms with Crippen molar-refractivity contribution >= 4 is 5.52 Å². The molecule has 2 atom stereocenters. The summed E-state index contributed by atoms with van der Waals surface area (Å²) in [5.41, 5.74) is 0.790. The molecular formula is C19H13F4N3O. The van der Waals surface area contributed by atoms with Crippen LogP contribution in [0.15, 0.2) is 42.6 Å². The highest BCUT2D eigenvalue weighted by molar-refractivity contribution is 5.69. The summed E-state index contributed by atoms with van der Waals surface area (Å²) in [5.74, 6) is -0.219. The van der Waals surface area contributed by atoms with Crippen LogP contribution in [0.4, 0.5) is 17.6 Å². The minimum Gasteiger partial charge on any atom is -0.406 e. The van der Waals surface area contributed by atoms with Crippen LogP contribution < -0.4 is 4.74 Å². The summed E-state index contributed by atoms with van der Waals surface area (Å²) in [6.45, 7) is 1.49. The number of pyridine rings is 1. The SMILES string of the molecule is CC1(F)CC1c1nc(C#N)c2ccc(-c3ccc(OC(F)(F)F)cc3)cn12. The average Bonchev–Trinajstić information content (AvgIpc) is 3.08. The second kappa shape index (κ2) is 5.71. The zero-order chi connectivity index (χ0) is 19.4. The standard InChI is InChI=1S/C19H13F4N3O/c1-18(20)8-14(18)17-25-15(9-24)16-7-4-12(10-26(16)17)11-2-5-13(6-3-11)27-19(21,22)23/h2-7,10,14H,8H2,1H3. The van der Waals surface area contributed by atoms with Crippen LogP contribution in [0.5, 0.6) is 5.75 Å². The molecule has 1 fully saturated rings. The minimum atomic E-state index is -4.75. The molecule has 2 heterocycles. The molecule has 0 aliphatic heterocycles. The predicted molar refractivity (Wildman–Crippen MR) is 88.9 cm³/mol. The van der Waals surface area contributed by atoms with Crippen molar-refractivity contribution in [2.75, 3.05) is 0 Å². The number of fused-ring (bicyclic) bond motifs is 1. The number of nitrogens with zero attached hydrogens (tertiary/aromatic N) is 3. The number of ether oxygens (including phenoxy) is 1. The molecule has 0 saturated heterocycles. The third kappa shape index (κ3) is 3.21. The summed E-state index contributed by atoms with van der Waals surface area (Å²) in [6.07, 6.45) is -2.69. The highest BCUT2D eigenvalue weighted by Gasteiger charge is 2.54. The predicted octanol–water partition coefficient (Wildman–Crippen LogP) is 4.99. The lowest BCUT2D eigenvalue weighted by atomic mass is 10.1. The third-order valence-corrected chi connectivity index (χ3v) is 4.67. The Morgan fingerprint density at radius 2 is 1.81 bits per heavy atom. The highest BCUT2D eigenvalue weighted by Crippen LogP contribution is 2.54. The van der Waals surface area contributed by atoms with Crippen molar-refractivity contribution in [2.45, 2.75) is 31.3 Å². The lowest BCUT2D eigenvalue weighted by molar-refractivity contribution is -0.274. The van der Waals surface area contributed by atoms with Crippen LogP contribution >= 0.6 is 0 Å². The molecule has 0 amide bonds. The third-order valence-electron chi connectivity index (χ3n) is 4.67. The van der Waals surface area contributed by atoms with Gasteiger partial charge in [-0.25, -0.2) is 9.37 Å². The van der Waals surface area contributed by atoms with E-state index in [1.165, 1.54) is 31.2 Å². The first kappa shape index (κ1) is 17.3. The fourth-order valence-corrected chi connectivity index (χ4v) is 3.16. The van der Waals surface area contributed by atoms with Crippen molar-refractivity contribution < 1.29 is 22.3 Å². The van der Waals surface area contributed by atoms with E-state index in [2.05, 4.69) is 9.72 Å². The van der Waals surface area contributed by atoms with Gasteiger partial charge in [0.1, 0.15) is 23.3 Å². The fourth-order valence-electron chi connectivity index (χ4n) is 3.16. The maximum atomic E-state index is 14.2. The van der Waals surface area contributed by atoms with Crippen LogP contribution in [0.25, 0.3) is 16.6 Å². The Labute approximate surface area is 151 Å². The summed E-state index contributed by atoms with van der Waals surface area (Å²) >= 11 is 0. The van der Waals surface area contributed by atoms with E-state index < -0.39 is 12.0 Å². The summed E-state index contributed by atoms with van der Waals surface area (Å²) in [5, 5.41) is 9.27. The van der Waals surface area contributed by atoms with Gasteiger partial charge in [0.15, 0.2) is 5.69 Å². The van der Waals surface area contributed by atoms with E-state index >= 15 is 0 Å². The Hall–Kier alpha value is -3.08. The van der Waals surface area contributed by atoms with Crippen LogP contribution in [0.3, 0.4) is 0 Å². The molecule has 2 unspecified atom stereocenters. The number of hydrogen-bond donors (Lipinski definition) is 0. The smallest absolute Gasteiger partial charge is 0.406 e. The number of halogens is 4. The van der Waals surface area contributed by atoms with Crippen LogP contribution in [0.2, 0.25) is 0 Å². The second-order valence-electron chi connectivity index (χ2n) is 6.71. The molecule has 1 aliphatic rings. The Morgan fingerprint density at radius 3 is 2.37 bits per heavy atom. The van der Waals surface area contributed by atoms with Gasteiger partial charge in [0.2, 0.25) is 0 Å². The fraction of sp³-hybridized carbons (Fsp3) is 0.263. The van der Waals surface area contributed by atoms with Crippen molar-refractivity contribution in [1.29, 1.82) is 5.26 Å². The molecule has 0 spiro atoms. The van der Waals surface area contributed by atoms with Gasteiger partial charge >= 0.3 is 6.36 Å². The van der Waals surface area contributed by atoms with Crippen molar-refractivity contribution in [1.82, 2.24) is 9.38 Å².